The number of hydrogen-bond acceptors (Lipinski definition) is 2. The molecule has 1 aromatic heterocycles. The van der Waals surface area contributed by atoms with E-state index in [1.165, 1.54) is 12.3 Å². The van der Waals surface area contributed by atoms with Crippen LogP contribution in [-0.2, 0) is 7.05 Å². The molecular formula is C19H12F4N2O. The summed E-state index contributed by atoms with van der Waals surface area (Å²) < 4.78 is 64.3. The van der Waals surface area contributed by atoms with E-state index in [1.807, 2.05) is 5.92 Å². The first-order valence-corrected chi connectivity index (χ1v) is 7.46. The fourth-order valence-electron chi connectivity index (χ4n) is 2.63. The van der Waals surface area contributed by atoms with Crippen molar-refractivity contribution in [3.8, 4) is 18.1 Å². The van der Waals surface area contributed by atoms with Crippen LogP contribution in [0.4, 0.5) is 17.6 Å². The van der Waals surface area contributed by atoms with Gasteiger partial charge in [0.1, 0.15) is 6.61 Å². The molecule has 7 heteroatoms. The molecule has 0 N–H and O–H groups in total. The molecule has 1 aliphatic heterocycles. The molecule has 0 aliphatic carbocycles. The molecule has 0 saturated carbocycles. The second kappa shape index (κ2) is 6.92. The Kier molecular flexibility index (Phi) is 4.67. The number of terminal acetylenes is 1. The molecular weight excluding hydrogens is 348 g/mol. The predicted molar refractivity (Wildman–Crippen MR) is 89.7 cm³/mol. The van der Waals surface area contributed by atoms with Crippen molar-refractivity contribution in [2.24, 2.45) is 12.0 Å². The molecule has 3 nitrogen and oxygen atoms in total. The third-order valence-corrected chi connectivity index (χ3v) is 3.78. The lowest BCUT2D eigenvalue weighted by Gasteiger charge is -2.16. The molecule has 0 bridgehead atoms. The number of aliphatic imine (C=N–C) groups is 1. The van der Waals surface area contributed by atoms with Gasteiger partial charge in [-0.2, -0.15) is 8.78 Å². The number of hydrogen-bond donors (Lipinski definition) is 0. The third kappa shape index (κ3) is 2.80. The highest BCUT2D eigenvalue weighted by Gasteiger charge is 2.31. The Balaban J connectivity index is 2.33. The smallest absolute Gasteiger partial charge is 0.204 e. The number of aromatic nitrogens is 1. The molecule has 1 aliphatic rings. The van der Waals surface area contributed by atoms with Crippen molar-refractivity contribution in [2.75, 3.05) is 6.61 Å². The minimum absolute atomic E-state index is 0.0844. The molecule has 0 amide bonds. The minimum Gasteiger partial charge on any atom is -0.475 e. The third-order valence-electron chi connectivity index (χ3n) is 3.78. The van der Waals surface area contributed by atoms with Crippen LogP contribution >= 0.6 is 0 Å². The van der Waals surface area contributed by atoms with Gasteiger partial charge in [0.2, 0.25) is 11.6 Å². The number of aryl methyl sites for hydroxylation is 1. The van der Waals surface area contributed by atoms with Crippen LogP contribution in [0.2, 0.25) is 0 Å². The number of halogens is 4. The number of allylic oxidation sites excluding steroid dienone is 2. The first-order chi connectivity index (χ1) is 12.5. The lowest BCUT2D eigenvalue weighted by Crippen LogP contribution is -2.10. The van der Waals surface area contributed by atoms with Crippen LogP contribution in [-0.4, -0.2) is 17.4 Å². The van der Waals surface area contributed by atoms with Crippen LogP contribution in [0.1, 0.15) is 11.3 Å². The molecule has 0 spiro atoms. The summed E-state index contributed by atoms with van der Waals surface area (Å²) in [6.07, 6.45) is 11.0. The van der Waals surface area contributed by atoms with E-state index in [1.54, 1.807) is 36.0 Å². The Morgan fingerprint density at radius 1 is 1.19 bits per heavy atom. The lowest BCUT2D eigenvalue weighted by atomic mass is 9.98. The van der Waals surface area contributed by atoms with Gasteiger partial charge in [-0.3, -0.25) is 4.99 Å². The van der Waals surface area contributed by atoms with E-state index in [0.717, 1.165) is 0 Å². The van der Waals surface area contributed by atoms with Crippen molar-refractivity contribution in [1.82, 2.24) is 4.57 Å². The maximum absolute atomic E-state index is 14.7. The van der Waals surface area contributed by atoms with Gasteiger partial charge in [0.05, 0.1) is 17.0 Å². The maximum Gasteiger partial charge on any atom is 0.204 e. The van der Waals surface area contributed by atoms with Crippen molar-refractivity contribution < 1.29 is 22.3 Å². The fraction of sp³-hybridized carbons (Fsp3) is 0.105. The number of benzene rings is 1. The van der Waals surface area contributed by atoms with Crippen LogP contribution in [0.25, 0.3) is 5.57 Å². The Morgan fingerprint density at radius 2 is 1.88 bits per heavy atom. The summed E-state index contributed by atoms with van der Waals surface area (Å²) in [4.78, 5) is 4.02. The zero-order chi connectivity index (χ0) is 18.8. The van der Waals surface area contributed by atoms with Gasteiger partial charge in [-0.25, -0.2) is 8.78 Å². The van der Waals surface area contributed by atoms with E-state index in [0.29, 0.717) is 5.69 Å². The molecule has 3 rings (SSSR count). The summed E-state index contributed by atoms with van der Waals surface area (Å²) in [5.74, 6) is -5.71. The largest absolute Gasteiger partial charge is 0.475 e. The Hall–Kier alpha value is -3.27. The second-order valence-corrected chi connectivity index (χ2v) is 5.35. The molecule has 0 fully saturated rings. The highest BCUT2D eigenvalue weighted by atomic mass is 19.2. The zero-order valence-corrected chi connectivity index (χ0v) is 13.6. The highest BCUT2D eigenvalue weighted by Crippen LogP contribution is 2.38. The Morgan fingerprint density at radius 3 is 2.38 bits per heavy atom. The van der Waals surface area contributed by atoms with Gasteiger partial charge in [-0.05, 0) is 24.3 Å². The molecule has 2 aromatic rings. The van der Waals surface area contributed by atoms with Gasteiger partial charge in [-0.1, -0.05) is 5.92 Å². The van der Waals surface area contributed by atoms with E-state index < -0.39 is 41.2 Å². The monoisotopic (exact) mass is 360 g/mol. The van der Waals surface area contributed by atoms with Gasteiger partial charge < -0.3 is 9.30 Å². The van der Waals surface area contributed by atoms with Crippen molar-refractivity contribution in [3.63, 3.8) is 0 Å². The van der Waals surface area contributed by atoms with Crippen molar-refractivity contribution >= 4 is 11.8 Å². The first-order valence-electron chi connectivity index (χ1n) is 7.46. The van der Waals surface area contributed by atoms with E-state index in [2.05, 4.69) is 9.73 Å². The van der Waals surface area contributed by atoms with Crippen LogP contribution in [0.3, 0.4) is 0 Å². The van der Waals surface area contributed by atoms with E-state index in [-0.39, 0.29) is 11.3 Å². The second-order valence-electron chi connectivity index (χ2n) is 5.35. The van der Waals surface area contributed by atoms with E-state index in [9.17, 15) is 17.6 Å². The summed E-state index contributed by atoms with van der Waals surface area (Å²) in [6.45, 7) is -0.537. The number of ether oxygens (including phenoxy) is 1. The average molecular weight is 360 g/mol. The molecule has 26 heavy (non-hydrogen) atoms. The predicted octanol–water partition coefficient (Wildman–Crippen LogP) is 3.99. The molecule has 132 valence electrons. The molecule has 0 radical (unpaired) electrons. The quantitative estimate of drug-likeness (QED) is 0.460. The van der Waals surface area contributed by atoms with Gasteiger partial charge in [-0.15, -0.1) is 6.42 Å². The van der Waals surface area contributed by atoms with Crippen LogP contribution in [0.5, 0.6) is 5.75 Å². The lowest BCUT2D eigenvalue weighted by molar-refractivity contribution is 0.305. The highest BCUT2D eigenvalue weighted by molar-refractivity contribution is 5.88. The van der Waals surface area contributed by atoms with Gasteiger partial charge in [0.25, 0.3) is 0 Å². The van der Waals surface area contributed by atoms with Gasteiger partial charge >= 0.3 is 0 Å². The topological polar surface area (TPSA) is 26.5 Å². The van der Waals surface area contributed by atoms with Crippen LogP contribution in [0, 0.1) is 35.6 Å². The normalized spacial score (nSPS) is 14.6. The Labute approximate surface area is 146 Å². The van der Waals surface area contributed by atoms with Crippen molar-refractivity contribution in [3.05, 3.63) is 70.7 Å². The summed E-state index contributed by atoms with van der Waals surface area (Å²) >= 11 is 0. The summed E-state index contributed by atoms with van der Waals surface area (Å²) in [5, 5.41) is 0. The zero-order valence-electron chi connectivity index (χ0n) is 13.6. The van der Waals surface area contributed by atoms with Crippen LogP contribution in [0.15, 0.2) is 41.2 Å². The van der Waals surface area contributed by atoms with Crippen molar-refractivity contribution in [1.29, 1.82) is 0 Å². The molecule has 0 saturated heterocycles. The van der Waals surface area contributed by atoms with Crippen molar-refractivity contribution in [2.45, 2.75) is 0 Å². The van der Waals surface area contributed by atoms with Gasteiger partial charge in [0.15, 0.2) is 17.4 Å². The van der Waals surface area contributed by atoms with E-state index in [4.69, 9.17) is 6.42 Å². The first kappa shape index (κ1) is 17.5. The summed E-state index contributed by atoms with van der Waals surface area (Å²) in [7, 11) is 1.63. The maximum atomic E-state index is 14.7. The minimum atomic E-state index is -1.66. The average Bonchev–Trinajstić information content (AvgIpc) is 3.29. The fourth-order valence-corrected chi connectivity index (χ4v) is 2.63. The molecule has 0 unspecified atom stereocenters. The molecule has 2 heterocycles. The summed E-state index contributed by atoms with van der Waals surface area (Å²) in [6, 6.07) is 3.19. The van der Waals surface area contributed by atoms with E-state index >= 15 is 0 Å². The van der Waals surface area contributed by atoms with Crippen LogP contribution < -0.4 is 4.74 Å². The number of nitrogens with zero attached hydrogens (tertiary/aromatic N) is 2. The SMILES string of the molecule is C#CCOc1c(F)c(F)c(/C(=C2\C=CC=N2)c2cccn2C)c(F)c1F. The molecule has 0 atom stereocenters. The standard InChI is InChI=1S/C19H12F4N2O/c1-3-10-26-19-17(22)15(20)14(16(21)18(19)23)13(11-6-4-8-24-11)12-7-5-9-25(12)2/h1,4-9H,10H2,2H3/b13-11+. The summed E-state index contributed by atoms with van der Waals surface area (Å²) in [5.41, 5.74) is -0.453. The number of rotatable bonds is 4. The Bertz CT molecular complexity index is 966. The molecule has 1 aromatic carbocycles. The van der Waals surface area contributed by atoms with Gasteiger partial charge in [0, 0.05) is 25.0 Å².